The summed E-state index contributed by atoms with van der Waals surface area (Å²) >= 11 is 1.50. The summed E-state index contributed by atoms with van der Waals surface area (Å²) in [5.41, 5.74) is 2.83. The van der Waals surface area contributed by atoms with Crippen LogP contribution >= 0.6 is 11.8 Å². The first kappa shape index (κ1) is 16.4. The molecule has 2 aromatic carbocycles. The maximum absolute atomic E-state index is 11.7. The maximum Gasteiger partial charge on any atom is 0.160 e. The summed E-state index contributed by atoms with van der Waals surface area (Å²) in [6, 6.07) is 13.7. The number of aryl methyl sites for hydroxylation is 1. The second-order valence-corrected chi connectivity index (χ2v) is 6.13. The lowest BCUT2D eigenvalue weighted by Gasteiger charge is -2.14. The van der Waals surface area contributed by atoms with Crippen molar-refractivity contribution in [2.24, 2.45) is 0 Å². The molecule has 0 aliphatic carbocycles. The molecule has 0 aliphatic rings. The van der Waals surface area contributed by atoms with Crippen molar-refractivity contribution in [2.45, 2.75) is 32.1 Å². The van der Waals surface area contributed by atoms with E-state index < -0.39 is 0 Å². The van der Waals surface area contributed by atoms with E-state index in [4.69, 9.17) is 4.74 Å². The number of benzene rings is 2. The van der Waals surface area contributed by atoms with Gasteiger partial charge >= 0.3 is 0 Å². The van der Waals surface area contributed by atoms with Crippen molar-refractivity contribution < 1.29 is 9.53 Å². The van der Waals surface area contributed by atoms with Crippen LogP contribution < -0.4 is 4.74 Å². The van der Waals surface area contributed by atoms with Gasteiger partial charge in [-0.2, -0.15) is 0 Å². The van der Waals surface area contributed by atoms with Gasteiger partial charge < -0.3 is 4.74 Å². The topological polar surface area (TPSA) is 26.3 Å². The van der Waals surface area contributed by atoms with Crippen LogP contribution in [0.4, 0.5) is 0 Å². The molecule has 2 aromatic rings. The van der Waals surface area contributed by atoms with Gasteiger partial charge in [0.25, 0.3) is 0 Å². The van der Waals surface area contributed by atoms with Gasteiger partial charge in [-0.25, -0.2) is 0 Å². The van der Waals surface area contributed by atoms with E-state index in [1.54, 1.807) is 6.92 Å². The molecule has 3 heteroatoms. The molecule has 22 heavy (non-hydrogen) atoms. The predicted molar refractivity (Wildman–Crippen MR) is 92.6 cm³/mol. The van der Waals surface area contributed by atoms with Gasteiger partial charge in [-0.1, -0.05) is 49.0 Å². The Morgan fingerprint density at radius 3 is 2.55 bits per heavy atom. The molecule has 0 amide bonds. The minimum absolute atomic E-state index is 0.0551. The third kappa shape index (κ3) is 3.80. The third-order valence-electron chi connectivity index (χ3n) is 3.41. The van der Waals surface area contributed by atoms with E-state index in [1.807, 2.05) is 43.3 Å². The fourth-order valence-electron chi connectivity index (χ4n) is 2.29. The molecule has 0 radical (unpaired) electrons. The lowest BCUT2D eigenvalue weighted by molar-refractivity contribution is 0.101. The van der Waals surface area contributed by atoms with Crippen LogP contribution in [-0.2, 0) is 6.42 Å². The van der Waals surface area contributed by atoms with Gasteiger partial charge in [-0.3, -0.25) is 4.79 Å². The molecule has 0 saturated carbocycles. The van der Waals surface area contributed by atoms with Crippen molar-refractivity contribution in [3.05, 3.63) is 70.8 Å². The second-order valence-electron chi connectivity index (χ2n) is 5.03. The standard InChI is InChI=1S/C19H20O2S/c1-5-16-17(14(3)20)10-8-11-18(16)21-15(4)22-19-12-7-6-9-13(19)2/h6-12H,4-5H2,1-3H3. The van der Waals surface area contributed by atoms with E-state index >= 15 is 0 Å². The third-order valence-corrected chi connectivity index (χ3v) is 4.40. The molecule has 0 spiro atoms. The van der Waals surface area contributed by atoms with E-state index in [0.29, 0.717) is 16.4 Å². The van der Waals surface area contributed by atoms with E-state index in [9.17, 15) is 4.79 Å². The summed E-state index contributed by atoms with van der Waals surface area (Å²) in [6.45, 7) is 9.65. The molecule has 0 fully saturated rings. The minimum Gasteiger partial charge on any atom is -0.450 e. The molecular formula is C19H20O2S. The van der Waals surface area contributed by atoms with E-state index in [0.717, 1.165) is 16.9 Å². The van der Waals surface area contributed by atoms with Gasteiger partial charge in [-0.15, -0.1) is 0 Å². The van der Waals surface area contributed by atoms with Gasteiger partial charge in [0.05, 0.1) is 0 Å². The highest BCUT2D eigenvalue weighted by Crippen LogP contribution is 2.32. The number of rotatable bonds is 6. The highest BCUT2D eigenvalue weighted by Gasteiger charge is 2.13. The second kappa shape index (κ2) is 7.32. The molecule has 0 bridgehead atoms. The fourth-order valence-corrected chi connectivity index (χ4v) is 3.05. The number of thioether (sulfide) groups is 1. The molecule has 2 rings (SSSR count). The Morgan fingerprint density at radius 2 is 1.91 bits per heavy atom. The average molecular weight is 312 g/mol. The van der Waals surface area contributed by atoms with Gasteiger partial charge in [0, 0.05) is 16.0 Å². The average Bonchev–Trinajstić information content (AvgIpc) is 2.49. The first-order valence-corrected chi connectivity index (χ1v) is 8.07. The van der Waals surface area contributed by atoms with Crippen LogP contribution in [0.2, 0.25) is 0 Å². The number of Topliss-reactive ketones (excluding diaryl/α,β-unsaturated/α-hetero) is 1. The Kier molecular flexibility index (Phi) is 5.45. The summed E-state index contributed by atoms with van der Waals surface area (Å²) in [7, 11) is 0. The number of carbonyl (C=O) groups is 1. The predicted octanol–water partition coefficient (Wildman–Crippen LogP) is 5.40. The largest absolute Gasteiger partial charge is 0.450 e. The molecule has 0 aromatic heterocycles. The monoisotopic (exact) mass is 312 g/mol. The zero-order chi connectivity index (χ0) is 16.1. The Bertz CT molecular complexity index is 704. The maximum atomic E-state index is 11.7. The van der Waals surface area contributed by atoms with Crippen molar-refractivity contribution >= 4 is 17.5 Å². The first-order chi connectivity index (χ1) is 10.5. The van der Waals surface area contributed by atoms with E-state index in [-0.39, 0.29) is 5.78 Å². The molecule has 0 heterocycles. The zero-order valence-corrected chi connectivity index (χ0v) is 14.0. The molecular weight excluding hydrogens is 292 g/mol. The highest BCUT2D eigenvalue weighted by molar-refractivity contribution is 8.03. The van der Waals surface area contributed by atoms with Crippen LogP contribution in [0.15, 0.2) is 59.0 Å². The fraction of sp³-hybridized carbons (Fsp3) is 0.211. The zero-order valence-electron chi connectivity index (χ0n) is 13.2. The number of carbonyl (C=O) groups excluding carboxylic acids is 1. The normalized spacial score (nSPS) is 10.3. The molecule has 0 unspecified atom stereocenters. The highest BCUT2D eigenvalue weighted by atomic mass is 32.2. The van der Waals surface area contributed by atoms with Gasteiger partial charge in [0.15, 0.2) is 10.9 Å². The molecule has 2 nitrogen and oxygen atoms in total. The first-order valence-electron chi connectivity index (χ1n) is 7.26. The summed E-state index contributed by atoms with van der Waals surface area (Å²) in [4.78, 5) is 12.8. The lowest BCUT2D eigenvalue weighted by atomic mass is 10.0. The van der Waals surface area contributed by atoms with Gasteiger partial charge in [0.2, 0.25) is 0 Å². The lowest BCUT2D eigenvalue weighted by Crippen LogP contribution is -2.02. The van der Waals surface area contributed by atoms with Crippen LogP contribution in [0.25, 0.3) is 0 Å². The Hall–Kier alpha value is -2.00. The molecule has 0 aliphatic heterocycles. The summed E-state index contributed by atoms with van der Waals surface area (Å²) in [5, 5.41) is 0.602. The Balaban J connectivity index is 2.20. The van der Waals surface area contributed by atoms with Gasteiger partial charge in [0.1, 0.15) is 5.75 Å². The number of ether oxygens (including phenoxy) is 1. The van der Waals surface area contributed by atoms with Gasteiger partial charge in [-0.05, 0) is 44.5 Å². The van der Waals surface area contributed by atoms with Crippen LogP contribution in [0, 0.1) is 6.92 Å². The van der Waals surface area contributed by atoms with Crippen LogP contribution in [0.1, 0.15) is 35.3 Å². The van der Waals surface area contributed by atoms with Crippen LogP contribution in [-0.4, -0.2) is 5.78 Å². The van der Waals surface area contributed by atoms with Crippen LogP contribution in [0.3, 0.4) is 0 Å². The summed E-state index contributed by atoms with van der Waals surface area (Å²) in [5.74, 6) is 0.765. The van der Waals surface area contributed by atoms with Crippen molar-refractivity contribution in [1.82, 2.24) is 0 Å². The smallest absolute Gasteiger partial charge is 0.160 e. The van der Waals surface area contributed by atoms with Crippen LogP contribution in [0.5, 0.6) is 5.75 Å². The summed E-state index contributed by atoms with van der Waals surface area (Å²) < 4.78 is 5.90. The van der Waals surface area contributed by atoms with Crippen molar-refractivity contribution in [3.8, 4) is 5.75 Å². The molecule has 114 valence electrons. The van der Waals surface area contributed by atoms with Crippen molar-refractivity contribution in [2.75, 3.05) is 0 Å². The Morgan fingerprint density at radius 1 is 1.18 bits per heavy atom. The molecule has 0 atom stereocenters. The Labute approximate surface area is 136 Å². The number of hydrogen-bond donors (Lipinski definition) is 0. The number of hydrogen-bond acceptors (Lipinski definition) is 3. The summed E-state index contributed by atoms with van der Waals surface area (Å²) in [6.07, 6.45) is 0.743. The molecule has 0 saturated heterocycles. The minimum atomic E-state index is 0.0551. The molecule has 0 N–H and O–H groups in total. The quantitative estimate of drug-likeness (QED) is 0.406. The van der Waals surface area contributed by atoms with Crippen molar-refractivity contribution in [3.63, 3.8) is 0 Å². The van der Waals surface area contributed by atoms with Crippen molar-refractivity contribution in [1.29, 1.82) is 0 Å². The van der Waals surface area contributed by atoms with E-state index in [2.05, 4.69) is 19.6 Å². The SMILES string of the molecule is C=C(Oc1cccc(C(C)=O)c1CC)Sc1ccccc1C. The van der Waals surface area contributed by atoms with E-state index in [1.165, 1.54) is 17.3 Å². The number of ketones is 1.